The molecule has 222 valence electrons. The lowest BCUT2D eigenvalue weighted by atomic mass is 9.65. The van der Waals surface area contributed by atoms with Crippen LogP contribution in [0.1, 0.15) is 86.4 Å². The summed E-state index contributed by atoms with van der Waals surface area (Å²) in [6.07, 6.45) is 6.25. The van der Waals surface area contributed by atoms with Crippen LogP contribution < -0.4 is 5.32 Å². The lowest BCUT2D eigenvalue weighted by molar-refractivity contribution is -0.276. The number of rotatable bonds is 7. The number of anilines is 1. The summed E-state index contributed by atoms with van der Waals surface area (Å²) in [6, 6.07) is 19.9. The van der Waals surface area contributed by atoms with Crippen molar-refractivity contribution in [3.63, 3.8) is 0 Å². The average molecular weight is 570 g/mol. The quantitative estimate of drug-likeness (QED) is 0.337. The molecule has 1 saturated carbocycles. The van der Waals surface area contributed by atoms with Gasteiger partial charge in [-0.05, 0) is 65.5 Å². The highest BCUT2D eigenvalue weighted by atomic mass is 16.7. The maximum Gasteiger partial charge on any atom is 0.257 e. The molecule has 3 aromatic rings. The second-order valence-electron chi connectivity index (χ2n) is 13.8. The van der Waals surface area contributed by atoms with Crippen LogP contribution in [0, 0.1) is 16.7 Å². The Balaban J connectivity index is 1.22. The van der Waals surface area contributed by atoms with E-state index in [0.717, 1.165) is 29.8 Å². The molecule has 2 unspecified atom stereocenters. The van der Waals surface area contributed by atoms with Gasteiger partial charge in [0.25, 0.3) is 5.91 Å². The van der Waals surface area contributed by atoms with E-state index in [0.29, 0.717) is 28.1 Å². The standard InChI is InChI=1S/C35H43N3O4/c1-23-30(19-38-22-35(4)17-29(38)16-34(2,3)21-35)41-33(42-31(23)25-9-7-24(20-39)8-10-25)26-11-13-28(14-12-26)37-32(40)27-6-5-15-36-18-27/h5-15,18,23,29-31,33,39H,16-17,19-22H2,1-4H3,(H,37,40)/t23-,29?,30+,31+,33+,35?/m0/s1. The van der Waals surface area contributed by atoms with Gasteiger partial charge in [0, 0.05) is 48.7 Å². The summed E-state index contributed by atoms with van der Waals surface area (Å²) in [5, 5.41) is 12.5. The van der Waals surface area contributed by atoms with E-state index in [1.807, 2.05) is 36.4 Å². The SMILES string of the molecule is C[C@H]1[C@@H](CN2CC3(C)CC2CC(C)(C)C3)O[C@@H](c2ccc(NC(=O)c3cccnc3)cc2)O[C@H]1c1ccc(CO)cc1. The number of likely N-dealkylation sites (tertiary alicyclic amines) is 1. The molecule has 2 aliphatic heterocycles. The van der Waals surface area contributed by atoms with Crippen LogP contribution in [0.2, 0.25) is 0 Å². The van der Waals surface area contributed by atoms with Crippen LogP contribution in [0.25, 0.3) is 0 Å². The Hall–Kier alpha value is -3.10. The summed E-state index contributed by atoms with van der Waals surface area (Å²) in [5.74, 6) is -0.0606. The highest BCUT2D eigenvalue weighted by molar-refractivity contribution is 6.04. The maximum absolute atomic E-state index is 12.6. The third-order valence-corrected chi connectivity index (χ3v) is 9.43. The average Bonchev–Trinajstić information content (AvgIpc) is 3.22. The zero-order valence-corrected chi connectivity index (χ0v) is 25.1. The number of aliphatic hydroxyl groups is 1. The second-order valence-corrected chi connectivity index (χ2v) is 13.8. The van der Waals surface area contributed by atoms with Crippen molar-refractivity contribution < 1.29 is 19.4 Å². The number of ether oxygens (including phenoxy) is 2. The molecule has 0 spiro atoms. The molecule has 6 atom stereocenters. The van der Waals surface area contributed by atoms with Gasteiger partial charge in [-0.2, -0.15) is 0 Å². The predicted octanol–water partition coefficient (Wildman–Crippen LogP) is 6.52. The van der Waals surface area contributed by atoms with Gasteiger partial charge in [-0.1, -0.05) is 64.1 Å². The van der Waals surface area contributed by atoms with Crippen molar-refractivity contribution >= 4 is 11.6 Å². The first kappa shape index (κ1) is 29.0. The number of nitrogens with one attached hydrogen (secondary N) is 1. The van der Waals surface area contributed by atoms with Crippen LogP contribution in [0.5, 0.6) is 0 Å². The molecule has 1 amide bonds. The molecule has 6 rings (SSSR count). The Kier molecular flexibility index (Phi) is 7.96. The minimum absolute atomic E-state index is 0.0118. The molecule has 2 aromatic carbocycles. The van der Waals surface area contributed by atoms with Crippen LogP contribution in [-0.2, 0) is 16.1 Å². The van der Waals surface area contributed by atoms with Crippen molar-refractivity contribution in [1.82, 2.24) is 9.88 Å². The Morgan fingerprint density at radius 2 is 1.76 bits per heavy atom. The fourth-order valence-corrected chi connectivity index (χ4v) is 7.77. The van der Waals surface area contributed by atoms with Crippen molar-refractivity contribution in [3.05, 3.63) is 95.3 Å². The van der Waals surface area contributed by atoms with Crippen molar-refractivity contribution in [1.29, 1.82) is 0 Å². The lowest BCUT2D eigenvalue weighted by Crippen LogP contribution is -2.46. The van der Waals surface area contributed by atoms with Gasteiger partial charge in [-0.15, -0.1) is 0 Å². The van der Waals surface area contributed by atoms with E-state index >= 15 is 0 Å². The van der Waals surface area contributed by atoms with E-state index in [4.69, 9.17) is 9.47 Å². The Labute approximate surface area is 249 Å². The number of pyridine rings is 1. The highest BCUT2D eigenvalue weighted by Gasteiger charge is 2.51. The van der Waals surface area contributed by atoms with Crippen molar-refractivity contribution in [2.75, 3.05) is 18.4 Å². The van der Waals surface area contributed by atoms with Gasteiger partial charge in [0.1, 0.15) is 0 Å². The zero-order chi connectivity index (χ0) is 29.5. The molecule has 1 aromatic heterocycles. The predicted molar refractivity (Wildman–Crippen MR) is 163 cm³/mol. The van der Waals surface area contributed by atoms with E-state index in [1.165, 1.54) is 19.3 Å². The summed E-state index contributed by atoms with van der Waals surface area (Å²) < 4.78 is 13.4. The molecular weight excluding hydrogens is 526 g/mol. The first-order valence-electron chi connectivity index (χ1n) is 15.2. The first-order valence-corrected chi connectivity index (χ1v) is 15.2. The molecule has 2 bridgehead atoms. The van der Waals surface area contributed by atoms with Gasteiger partial charge in [0.05, 0.1) is 24.4 Å². The Morgan fingerprint density at radius 1 is 1.02 bits per heavy atom. The number of amides is 1. The number of carbonyl (C=O) groups excluding carboxylic acids is 1. The van der Waals surface area contributed by atoms with Crippen LogP contribution in [-0.4, -0.2) is 46.1 Å². The summed E-state index contributed by atoms with van der Waals surface area (Å²) in [7, 11) is 0. The largest absolute Gasteiger partial charge is 0.392 e. The lowest BCUT2D eigenvalue weighted by Gasteiger charge is -2.43. The second kappa shape index (κ2) is 11.5. The maximum atomic E-state index is 12.6. The number of fused-ring (bicyclic) bond motifs is 2. The Morgan fingerprint density at radius 3 is 2.45 bits per heavy atom. The van der Waals surface area contributed by atoms with Gasteiger partial charge in [0.2, 0.25) is 0 Å². The van der Waals surface area contributed by atoms with Crippen LogP contribution in [0.4, 0.5) is 5.69 Å². The zero-order valence-electron chi connectivity index (χ0n) is 25.1. The summed E-state index contributed by atoms with van der Waals surface area (Å²) in [6.45, 7) is 11.5. The monoisotopic (exact) mass is 569 g/mol. The molecule has 2 N–H and O–H groups in total. The molecule has 42 heavy (non-hydrogen) atoms. The molecule has 2 saturated heterocycles. The first-order chi connectivity index (χ1) is 20.1. The number of benzene rings is 2. The normalized spacial score (nSPS) is 30.6. The van der Waals surface area contributed by atoms with E-state index < -0.39 is 6.29 Å². The third kappa shape index (κ3) is 6.16. The molecule has 3 fully saturated rings. The van der Waals surface area contributed by atoms with Crippen LogP contribution >= 0.6 is 0 Å². The van der Waals surface area contributed by atoms with E-state index in [-0.39, 0.29) is 30.6 Å². The number of nitrogens with zero attached hydrogens (tertiary/aromatic N) is 2. The van der Waals surface area contributed by atoms with Gasteiger partial charge < -0.3 is 19.9 Å². The highest BCUT2D eigenvalue weighted by Crippen LogP contribution is 2.53. The van der Waals surface area contributed by atoms with Crippen LogP contribution in [0.3, 0.4) is 0 Å². The molecule has 1 aliphatic carbocycles. The molecule has 7 nitrogen and oxygen atoms in total. The molecule has 3 aliphatic rings. The number of aromatic nitrogens is 1. The van der Waals surface area contributed by atoms with Gasteiger partial charge in [-0.3, -0.25) is 14.7 Å². The fourth-order valence-electron chi connectivity index (χ4n) is 7.77. The van der Waals surface area contributed by atoms with Crippen LogP contribution in [0.15, 0.2) is 73.1 Å². The van der Waals surface area contributed by atoms with Gasteiger partial charge >= 0.3 is 0 Å². The Bertz CT molecular complexity index is 1380. The molecular formula is C35H43N3O4. The van der Waals surface area contributed by atoms with Crippen molar-refractivity contribution in [3.8, 4) is 0 Å². The number of aliphatic hydroxyl groups excluding tert-OH is 1. The van der Waals surface area contributed by atoms with Gasteiger partial charge in [-0.25, -0.2) is 0 Å². The summed E-state index contributed by atoms with van der Waals surface area (Å²) in [5.41, 5.74) is 4.82. The van der Waals surface area contributed by atoms with E-state index in [2.05, 4.69) is 55.0 Å². The fraction of sp³-hybridized carbons (Fsp3) is 0.486. The van der Waals surface area contributed by atoms with E-state index in [1.54, 1.807) is 24.5 Å². The van der Waals surface area contributed by atoms with Gasteiger partial charge in [0.15, 0.2) is 6.29 Å². The minimum atomic E-state index is -0.536. The topological polar surface area (TPSA) is 83.9 Å². The molecule has 0 radical (unpaired) electrons. The summed E-state index contributed by atoms with van der Waals surface area (Å²) in [4.78, 5) is 19.3. The number of hydrogen-bond acceptors (Lipinski definition) is 6. The van der Waals surface area contributed by atoms with Crippen molar-refractivity contribution in [2.45, 2.75) is 78.1 Å². The molecule has 3 heterocycles. The third-order valence-electron chi connectivity index (χ3n) is 9.43. The van der Waals surface area contributed by atoms with Crippen molar-refractivity contribution in [2.24, 2.45) is 16.7 Å². The van der Waals surface area contributed by atoms with E-state index in [9.17, 15) is 9.90 Å². The minimum Gasteiger partial charge on any atom is -0.392 e. The number of carbonyl (C=O) groups is 1. The number of hydrogen-bond donors (Lipinski definition) is 2. The molecule has 7 heteroatoms. The smallest absolute Gasteiger partial charge is 0.257 e. The summed E-state index contributed by atoms with van der Waals surface area (Å²) >= 11 is 0.